The van der Waals surface area contributed by atoms with E-state index in [-0.39, 0.29) is 11.6 Å². The Bertz CT molecular complexity index is 1160. The lowest BCUT2D eigenvalue weighted by Crippen LogP contribution is -3.12. The normalized spacial score (nSPS) is 19.0. The van der Waals surface area contributed by atoms with Crippen molar-refractivity contribution in [3.8, 4) is 11.5 Å². The molecule has 0 unspecified atom stereocenters. The van der Waals surface area contributed by atoms with Crippen LogP contribution in [0.2, 0.25) is 0 Å². The highest BCUT2D eigenvalue weighted by Gasteiger charge is 2.36. The third kappa shape index (κ3) is 4.21. The van der Waals surface area contributed by atoms with Crippen molar-refractivity contribution >= 4 is 10.9 Å². The zero-order chi connectivity index (χ0) is 22.8. The second-order valence-corrected chi connectivity index (χ2v) is 9.27. The van der Waals surface area contributed by atoms with Gasteiger partial charge in [0.1, 0.15) is 0 Å². The predicted molar refractivity (Wildman–Crippen MR) is 124 cm³/mol. The quantitative estimate of drug-likeness (QED) is 0.594. The molecule has 0 spiro atoms. The fourth-order valence-electron chi connectivity index (χ4n) is 5.58. The van der Waals surface area contributed by atoms with Crippen LogP contribution in [0.25, 0.3) is 10.9 Å². The van der Waals surface area contributed by atoms with Gasteiger partial charge in [-0.15, -0.1) is 5.10 Å². The second kappa shape index (κ2) is 9.51. The third-order valence-corrected chi connectivity index (χ3v) is 7.29. The van der Waals surface area contributed by atoms with Gasteiger partial charge in [0.2, 0.25) is 5.82 Å². The van der Waals surface area contributed by atoms with E-state index >= 15 is 0 Å². The molecule has 1 atom stereocenters. The maximum Gasteiger partial charge on any atom is 0.258 e. The summed E-state index contributed by atoms with van der Waals surface area (Å²) in [5.41, 5.74) is 1.33. The summed E-state index contributed by atoms with van der Waals surface area (Å²) < 4.78 is 12.9. The Morgan fingerprint density at radius 1 is 1.00 bits per heavy atom. The van der Waals surface area contributed by atoms with Gasteiger partial charge in [-0.3, -0.25) is 4.79 Å². The van der Waals surface area contributed by atoms with Crippen LogP contribution in [0.1, 0.15) is 74.8 Å². The number of nitrogens with zero attached hydrogens (tertiary/aromatic N) is 4. The van der Waals surface area contributed by atoms with Gasteiger partial charge in [0.05, 0.1) is 44.4 Å². The molecule has 0 bridgehead atoms. The Labute approximate surface area is 193 Å². The number of ether oxygens (including phenoxy) is 2. The average molecular weight is 454 g/mol. The number of tetrazole rings is 1. The Hall–Kier alpha value is -2.94. The van der Waals surface area contributed by atoms with Gasteiger partial charge in [-0.25, -0.2) is 4.68 Å². The lowest BCUT2D eigenvalue weighted by atomic mass is 10.0. The number of pyridine rings is 1. The smallest absolute Gasteiger partial charge is 0.258 e. The molecule has 9 heteroatoms. The Kier molecular flexibility index (Phi) is 6.30. The number of benzene rings is 1. The fraction of sp³-hybridized carbons (Fsp3) is 0.583. The van der Waals surface area contributed by atoms with E-state index in [4.69, 9.17) is 9.47 Å². The van der Waals surface area contributed by atoms with Crippen molar-refractivity contribution in [2.24, 2.45) is 0 Å². The minimum absolute atomic E-state index is 0.0996. The summed E-state index contributed by atoms with van der Waals surface area (Å²) in [5, 5.41) is 13.9. The van der Waals surface area contributed by atoms with Crippen molar-refractivity contribution in [2.45, 2.75) is 63.5 Å². The van der Waals surface area contributed by atoms with Crippen molar-refractivity contribution in [1.29, 1.82) is 0 Å². The van der Waals surface area contributed by atoms with Crippen molar-refractivity contribution < 1.29 is 14.4 Å². The van der Waals surface area contributed by atoms with Gasteiger partial charge in [-0.2, -0.15) is 0 Å². The third-order valence-electron chi connectivity index (χ3n) is 7.29. The molecule has 1 aliphatic carbocycles. The minimum Gasteiger partial charge on any atom is -0.493 e. The molecule has 2 fully saturated rings. The van der Waals surface area contributed by atoms with E-state index in [1.54, 1.807) is 14.2 Å². The molecule has 2 N–H and O–H groups in total. The standard InChI is InChI=1S/C24H32N6O3/c1-32-20-14-16-13-18(24(31)25-19(16)15-21(20)33-2)22(29-11-7-3-4-8-12-29)23-26-27-28-30(23)17-9-5-6-10-17/h13-15,17,22H,3-12H2,1-2H3,(H,25,31)/p+1/t22-/m0/s1. The van der Waals surface area contributed by atoms with Gasteiger partial charge >= 0.3 is 0 Å². The molecule has 9 nitrogen and oxygen atoms in total. The van der Waals surface area contributed by atoms with E-state index in [0.29, 0.717) is 23.1 Å². The molecule has 2 aromatic heterocycles. The Morgan fingerprint density at radius 3 is 2.39 bits per heavy atom. The summed E-state index contributed by atoms with van der Waals surface area (Å²) >= 11 is 0. The highest BCUT2D eigenvalue weighted by molar-refractivity contribution is 5.83. The Morgan fingerprint density at radius 2 is 1.70 bits per heavy atom. The molecule has 3 heterocycles. The van der Waals surface area contributed by atoms with Gasteiger partial charge in [0, 0.05) is 11.5 Å². The number of fused-ring (bicyclic) bond motifs is 1. The van der Waals surface area contributed by atoms with Gasteiger partial charge in [0.25, 0.3) is 5.56 Å². The summed E-state index contributed by atoms with van der Waals surface area (Å²) in [7, 11) is 3.22. The number of aromatic nitrogens is 5. The molecule has 176 valence electrons. The maximum absolute atomic E-state index is 13.5. The van der Waals surface area contributed by atoms with Gasteiger partial charge in [-0.1, -0.05) is 12.8 Å². The number of rotatable bonds is 6. The highest BCUT2D eigenvalue weighted by Crippen LogP contribution is 2.33. The molecule has 2 aliphatic rings. The average Bonchev–Trinajstić information content (AvgIpc) is 3.46. The second-order valence-electron chi connectivity index (χ2n) is 9.27. The molecule has 1 aliphatic heterocycles. The molecule has 1 saturated heterocycles. The van der Waals surface area contributed by atoms with Crippen molar-refractivity contribution in [1.82, 2.24) is 25.2 Å². The largest absolute Gasteiger partial charge is 0.493 e. The first-order valence-corrected chi connectivity index (χ1v) is 12.1. The first kappa shape index (κ1) is 21.9. The first-order valence-electron chi connectivity index (χ1n) is 12.1. The van der Waals surface area contributed by atoms with Crippen LogP contribution in [-0.4, -0.2) is 52.5 Å². The summed E-state index contributed by atoms with van der Waals surface area (Å²) in [6, 6.07) is 5.83. The number of nitrogens with one attached hydrogen (secondary N) is 2. The van der Waals surface area contributed by atoms with Gasteiger partial charge < -0.3 is 19.4 Å². The fourth-order valence-corrected chi connectivity index (χ4v) is 5.58. The molecule has 0 radical (unpaired) electrons. The number of likely N-dealkylation sites (tertiary alicyclic amines) is 1. The Balaban J connectivity index is 1.66. The van der Waals surface area contributed by atoms with Crippen molar-refractivity contribution in [3.05, 3.63) is 39.9 Å². The van der Waals surface area contributed by atoms with Crippen LogP contribution in [0.4, 0.5) is 0 Å². The molecule has 5 rings (SSSR count). The van der Waals surface area contributed by atoms with E-state index in [0.717, 1.165) is 55.5 Å². The molecular formula is C24H33N6O3+. The van der Waals surface area contributed by atoms with E-state index in [1.807, 2.05) is 22.9 Å². The molecule has 33 heavy (non-hydrogen) atoms. The highest BCUT2D eigenvalue weighted by atomic mass is 16.5. The first-order chi connectivity index (χ1) is 16.2. The van der Waals surface area contributed by atoms with Gasteiger partial charge in [-0.05, 0) is 61.1 Å². The van der Waals surface area contributed by atoms with E-state index in [2.05, 4.69) is 20.5 Å². The SMILES string of the molecule is COc1cc2cc([C@@H](c3nnnn3C3CCCC3)[NH+]3CCCCCC3)c(=O)[nH]c2cc1OC. The lowest BCUT2D eigenvalue weighted by Gasteiger charge is -2.27. The molecule has 0 amide bonds. The van der Waals surface area contributed by atoms with Crippen molar-refractivity contribution in [3.63, 3.8) is 0 Å². The number of hydrogen-bond acceptors (Lipinski definition) is 6. The van der Waals surface area contributed by atoms with Crippen LogP contribution in [0, 0.1) is 0 Å². The number of aromatic amines is 1. The lowest BCUT2D eigenvalue weighted by molar-refractivity contribution is -0.925. The van der Waals surface area contributed by atoms with E-state index in [9.17, 15) is 4.79 Å². The van der Waals surface area contributed by atoms with Crippen LogP contribution in [0.3, 0.4) is 0 Å². The van der Waals surface area contributed by atoms with Crippen LogP contribution < -0.4 is 19.9 Å². The monoisotopic (exact) mass is 453 g/mol. The maximum atomic E-state index is 13.5. The summed E-state index contributed by atoms with van der Waals surface area (Å²) in [4.78, 5) is 17.9. The van der Waals surface area contributed by atoms with Crippen LogP contribution in [0.15, 0.2) is 23.0 Å². The minimum atomic E-state index is -0.208. The predicted octanol–water partition coefficient (Wildman–Crippen LogP) is 2.20. The summed E-state index contributed by atoms with van der Waals surface area (Å²) in [6.45, 7) is 2.01. The number of H-pyrrole nitrogens is 1. The zero-order valence-electron chi connectivity index (χ0n) is 19.5. The van der Waals surface area contributed by atoms with Crippen LogP contribution >= 0.6 is 0 Å². The molecule has 1 aromatic carbocycles. The van der Waals surface area contributed by atoms with E-state index in [1.165, 1.54) is 30.6 Å². The number of hydrogen-bond donors (Lipinski definition) is 2. The summed E-state index contributed by atoms with van der Waals surface area (Å²) in [5.74, 6) is 2.04. The molecular weight excluding hydrogens is 420 g/mol. The van der Waals surface area contributed by atoms with Crippen LogP contribution in [0.5, 0.6) is 11.5 Å². The summed E-state index contributed by atoms with van der Waals surface area (Å²) in [6.07, 6.45) is 9.33. The zero-order valence-corrected chi connectivity index (χ0v) is 19.5. The topological polar surface area (TPSA) is 99.4 Å². The van der Waals surface area contributed by atoms with E-state index < -0.39 is 0 Å². The molecule has 3 aromatic rings. The number of methoxy groups -OCH3 is 2. The van der Waals surface area contributed by atoms with Crippen molar-refractivity contribution in [2.75, 3.05) is 27.3 Å². The van der Waals surface area contributed by atoms with Crippen LogP contribution in [-0.2, 0) is 0 Å². The number of quaternary nitrogens is 1. The molecule has 1 saturated carbocycles. The van der Waals surface area contributed by atoms with Gasteiger partial charge in [0.15, 0.2) is 17.5 Å².